The molecule has 4 rings (SSSR count). The molecule has 0 saturated carbocycles. The largest absolute Gasteiger partial charge is 0.350 e. The van der Waals surface area contributed by atoms with Gasteiger partial charge in [-0.1, -0.05) is 36.4 Å². The third kappa shape index (κ3) is 2.08. The van der Waals surface area contributed by atoms with Crippen LogP contribution in [0.4, 0.5) is 0 Å². The van der Waals surface area contributed by atoms with E-state index in [1.807, 2.05) is 38.4 Å². The maximum Gasteiger partial charge on any atom is 0.141 e. The fourth-order valence-corrected chi connectivity index (χ4v) is 3.81. The molecule has 0 amide bonds. The third-order valence-electron chi connectivity index (χ3n) is 4.88. The lowest BCUT2D eigenvalue weighted by Crippen LogP contribution is -2.10. The molecule has 4 aromatic rings. The van der Waals surface area contributed by atoms with Crippen molar-refractivity contribution >= 4 is 27.6 Å². The number of carbonyl (C=O) groups excluding carboxylic acids is 1. The Kier molecular flexibility index (Phi) is 3.31. The molecule has 0 atom stereocenters. The van der Waals surface area contributed by atoms with Gasteiger partial charge in [-0.25, -0.2) is 0 Å². The molecule has 0 aliphatic carbocycles. The summed E-state index contributed by atoms with van der Waals surface area (Å²) in [6.45, 7) is 1.69. The number of hydrogen-bond acceptors (Lipinski definition) is 1. The van der Waals surface area contributed by atoms with Crippen LogP contribution in [0.15, 0.2) is 60.9 Å². The van der Waals surface area contributed by atoms with Gasteiger partial charge in [0.1, 0.15) is 5.78 Å². The lowest BCUT2D eigenvalue weighted by Gasteiger charge is -2.13. The van der Waals surface area contributed by atoms with E-state index in [4.69, 9.17) is 0 Å². The monoisotopic (exact) mass is 316 g/mol. The Morgan fingerprint density at radius 2 is 1.21 bits per heavy atom. The maximum atomic E-state index is 12.6. The van der Waals surface area contributed by atoms with Gasteiger partial charge in [-0.15, -0.1) is 0 Å². The molecule has 0 aliphatic rings. The van der Waals surface area contributed by atoms with Gasteiger partial charge in [-0.05, 0) is 30.2 Å². The van der Waals surface area contributed by atoms with E-state index in [0.717, 1.165) is 32.9 Å². The Bertz CT molecular complexity index is 988. The summed E-state index contributed by atoms with van der Waals surface area (Å²) in [4.78, 5) is 12.6. The fraction of sp³-hybridized carbons (Fsp3) is 0.190. The van der Waals surface area contributed by atoms with Crippen LogP contribution in [0, 0.1) is 0 Å². The quantitative estimate of drug-likeness (QED) is 0.550. The van der Waals surface area contributed by atoms with E-state index >= 15 is 0 Å². The van der Waals surface area contributed by atoms with E-state index in [0.29, 0.717) is 0 Å². The number of rotatable bonds is 3. The van der Waals surface area contributed by atoms with Crippen molar-refractivity contribution in [1.82, 2.24) is 9.13 Å². The molecule has 0 aliphatic heterocycles. The molecule has 0 saturated heterocycles. The molecule has 0 bridgehead atoms. The average molecular weight is 316 g/mol. The smallest absolute Gasteiger partial charge is 0.141 e. The van der Waals surface area contributed by atoms with Gasteiger partial charge in [0, 0.05) is 48.3 Å². The highest BCUT2D eigenvalue weighted by molar-refractivity contribution is 5.98. The van der Waals surface area contributed by atoms with Gasteiger partial charge in [-0.3, -0.25) is 4.79 Å². The second kappa shape index (κ2) is 5.38. The minimum atomic E-state index is -0.248. The van der Waals surface area contributed by atoms with Crippen LogP contribution in [-0.2, 0) is 18.9 Å². The van der Waals surface area contributed by atoms with E-state index in [9.17, 15) is 4.79 Å². The van der Waals surface area contributed by atoms with Crippen LogP contribution in [0.2, 0.25) is 0 Å². The van der Waals surface area contributed by atoms with Crippen molar-refractivity contribution in [2.75, 3.05) is 0 Å². The summed E-state index contributed by atoms with van der Waals surface area (Å²) >= 11 is 0. The van der Waals surface area contributed by atoms with Crippen LogP contribution in [0.3, 0.4) is 0 Å². The van der Waals surface area contributed by atoms with E-state index in [-0.39, 0.29) is 11.7 Å². The number of para-hydroxylation sites is 2. The molecule has 24 heavy (non-hydrogen) atoms. The summed E-state index contributed by atoms with van der Waals surface area (Å²) in [5, 5.41) is 2.29. The van der Waals surface area contributed by atoms with Crippen molar-refractivity contribution in [3.8, 4) is 0 Å². The number of nitrogens with zero attached hydrogens (tertiary/aromatic N) is 2. The number of aromatic nitrogens is 2. The standard InChI is InChI=1S/C21H20N2O/c1-14(24)21(17-12-22(2)19-10-6-4-8-15(17)19)18-13-23(3)20-11-7-5-9-16(18)20/h4-13,21H,1-3H3. The average Bonchev–Trinajstić information content (AvgIpc) is 3.08. The molecule has 0 N–H and O–H groups in total. The van der Waals surface area contributed by atoms with E-state index in [1.165, 1.54) is 0 Å². The van der Waals surface area contributed by atoms with Crippen LogP contribution in [0.5, 0.6) is 0 Å². The van der Waals surface area contributed by atoms with Crippen molar-refractivity contribution in [2.24, 2.45) is 14.1 Å². The minimum Gasteiger partial charge on any atom is -0.350 e. The number of ketones is 1. The SMILES string of the molecule is CC(=O)C(c1cn(C)c2ccccc12)c1cn(C)c2ccccc12. The first-order chi connectivity index (χ1) is 11.6. The molecule has 0 spiro atoms. The fourth-order valence-electron chi connectivity index (χ4n) is 3.81. The van der Waals surface area contributed by atoms with Gasteiger partial charge in [0.05, 0.1) is 5.92 Å². The number of hydrogen-bond donors (Lipinski definition) is 0. The zero-order valence-electron chi connectivity index (χ0n) is 14.2. The molecule has 0 radical (unpaired) electrons. The number of benzene rings is 2. The van der Waals surface area contributed by atoms with Gasteiger partial charge in [0.25, 0.3) is 0 Å². The Hall–Kier alpha value is -2.81. The Labute approximate surface area is 141 Å². The van der Waals surface area contributed by atoms with Crippen LogP contribution in [-0.4, -0.2) is 14.9 Å². The summed E-state index contributed by atoms with van der Waals surface area (Å²) in [5.74, 6) is -0.0788. The molecule has 0 unspecified atom stereocenters. The summed E-state index contributed by atoms with van der Waals surface area (Å²) < 4.78 is 4.21. The molecular formula is C21H20N2O. The van der Waals surface area contributed by atoms with E-state index in [2.05, 4.69) is 45.8 Å². The highest BCUT2D eigenvalue weighted by atomic mass is 16.1. The normalized spacial score (nSPS) is 11.7. The first-order valence-corrected chi connectivity index (χ1v) is 8.16. The highest BCUT2D eigenvalue weighted by Gasteiger charge is 2.26. The van der Waals surface area contributed by atoms with Crippen molar-refractivity contribution in [1.29, 1.82) is 0 Å². The molecule has 3 nitrogen and oxygen atoms in total. The first kappa shape index (κ1) is 14.8. The summed E-state index contributed by atoms with van der Waals surface area (Å²) in [6, 6.07) is 16.5. The van der Waals surface area contributed by atoms with E-state index in [1.54, 1.807) is 6.92 Å². The molecule has 2 aromatic carbocycles. The van der Waals surface area contributed by atoms with E-state index < -0.39 is 0 Å². The number of carbonyl (C=O) groups is 1. The van der Waals surface area contributed by atoms with Crippen LogP contribution in [0.1, 0.15) is 24.0 Å². The summed E-state index contributed by atoms with van der Waals surface area (Å²) in [6.07, 6.45) is 4.19. The summed E-state index contributed by atoms with van der Waals surface area (Å²) in [7, 11) is 4.07. The zero-order valence-corrected chi connectivity index (χ0v) is 14.2. The second-order valence-corrected chi connectivity index (χ2v) is 6.47. The molecule has 2 heterocycles. The molecular weight excluding hydrogens is 296 g/mol. The minimum absolute atomic E-state index is 0.169. The third-order valence-corrected chi connectivity index (χ3v) is 4.88. The highest BCUT2D eigenvalue weighted by Crippen LogP contribution is 2.36. The zero-order chi connectivity index (χ0) is 16.8. The Morgan fingerprint density at radius 1 is 0.792 bits per heavy atom. The number of aryl methyl sites for hydroxylation is 2. The van der Waals surface area contributed by atoms with Gasteiger partial charge in [0.2, 0.25) is 0 Å². The maximum absolute atomic E-state index is 12.6. The van der Waals surface area contributed by atoms with Gasteiger partial charge < -0.3 is 9.13 Å². The molecule has 3 heteroatoms. The van der Waals surface area contributed by atoms with Gasteiger partial charge >= 0.3 is 0 Å². The van der Waals surface area contributed by atoms with Crippen molar-refractivity contribution in [3.05, 3.63) is 72.1 Å². The molecule has 0 fully saturated rings. The van der Waals surface area contributed by atoms with Crippen molar-refractivity contribution < 1.29 is 4.79 Å². The number of Topliss-reactive ketones (excluding diaryl/α,β-unsaturated/α-hetero) is 1. The van der Waals surface area contributed by atoms with Gasteiger partial charge in [-0.2, -0.15) is 0 Å². The molecule has 120 valence electrons. The van der Waals surface area contributed by atoms with Crippen LogP contribution in [0.25, 0.3) is 21.8 Å². The summed E-state index contributed by atoms with van der Waals surface area (Å²) in [5.41, 5.74) is 4.46. The molecule has 2 aromatic heterocycles. The first-order valence-electron chi connectivity index (χ1n) is 8.16. The Balaban J connectivity index is 2.02. The van der Waals surface area contributed by atoms with Gasteiger partial charge in [0.15, 0.2) is 0 Å². The topological polar surface area (TPSA) is 26.9 Å². The predicted octanol–water partition coefficient (Wildman–Crippen LogP) is 4.39. The van der Waals surface area contributed by atoms with Crippen molar-refractivity contribution in [2.45, 2.75) is 12.8 Å². The second-order valence-electron chi connectivity index (χ2n) is 6.47. The lowest BCUT2D eigenvalue weighted by atomic mass is 9.88. The number of fused-ring (bicyclic) bond motifs is 2. The lowest BCUT2D eigenvalue weighted by molar-refractivity contribution is -0.117. The van der Waals surface area contributed by atoms with Crippen LogP contribution >= 0.6 is 0 Å². The van der Waals surface area contributed by atoms with Crippen molar-refractivity contribution in [3.63, 3.8) is 0 Å². The predicted molar refractivity (Wildman–Crippen MR) is 98.4 cm³/mol. The van der Waals surface area contributed by atoms with Crippen LogP contribution < -0.4 is 0 Å². The Morgan fingerprint density at radius 3 is 1.62 bits per heavy atom.